The van der Waals surface area contributed by atoms with Crippen LogP contribution in [0.2, 0.25) is 0 Å². The molecule has 1 aromatic rings. The minimum absolute atomic E-state index is 0.199. The number of rotatable bonds is 5. The van der Waals surface area contributed by atoms with Gasteiger partial charge in [-0.1, -0.05) is 6.42 Å². The van der Waals surface area contributed by atoms with Crippen molar-refractivity contribution in [3.05, 3.63) is 12.3 Å². The summed E-state index contributed by atoms with van der Waals surface area (Å²) in [6.07, 6.45) is 4.47. The van der Waals surface area contributed by atoms with Crippen molar-refractivity contribution < 1.29 is 23.1 Å². The first kappa shape index (κ1) is 16.4. The number of nitrogens with one attached hydrogen (secondary N) is 1. The summed E-state index contributed by atoms with van der Waals surface area (Å²) in [5, 5.41) is 15.1. The van der Waals surface area contributed by atoms with Gasteiger partial charge in [-0.05, 0) is 12.8 Å². The lowest BCUT2D eigenvalue weighted by Crippen LogP contribution is -2.49. The lowest BCUT2D eigenvalue weighted by atomic mass is 10.0. The highest BCUT2D eigenvalue weighted by Gasteiger charge is 2.34. The van der Waals surface area contributed by atoms with E-state index in [1.54, 1.807) is 0 Å². The summed E-state index contributed by atoms with van der Waals surface area (Å²) in [5.74, 6) is -1.30. The first-order valence-corrected chi connectivity index (χ1v) is 8.65. The standard InChI is InChI=1S/C12H18N4O5S/c1-22(20,21)16-6-3-2-4-9(16)12(19)13-10-5-7-15(14-10)8-11(17)18/h5,7,9H,2-4,6,8H2,1H3,(H,17,18)(H,13,14,19). The number of amides is 1. The number of carboxylic acid groups (broad SMARTS) is 1. The van der Waals surface area contributed by atoms with Gasteiger partial charge in [-0.2, -0.15) is 9.40 Å². The zero-order chi connectivity index (χ0) is 16.3. The molecule has 1 atom stereocenters. The molecule has 22 heavy (non-hydrogen) atoms. The zero-order valence-electron chi connectivity index (χ0n) is 12.1. The molecule has 2 N–H and O–H groups in total. The summed E-state index contributed by atoms with van der Waals surface area (Å²) in [5.41, 5.74) is 0. The Bertz CT molecular complexity index is 669. The van der Waals surface area contributed by atoms with Crippen LogP contribution in [-0.2, 0) is 26.2 Å². The number of carboxylic acids is 1. The molecule has 0 radical (unpaired) electrons. The van der Waals surface area contributed by atoms with Crippen molar-refractivity contribution in [3.63, 3.8) is 0 Å². The average molecular weight is 330 g/mol. The first-order valence-electron chi connectivity index (χ1n) is 6.80. The molecular formula is C12H18N4O5S. The average Bonchev–Trinajstić information content (AvgIpc) is 2.84. The Hall–Kier alpha value is -1.94. The number of nitrogens with zero attached hydrogens (tertiary/aromatic N) is 3. The van der Waals surface area contributed by atoms with Crippen LogP contribution in [-0.4, -0.2) is 58.3 Å². The fraction of sp³-hybridized carbons (Fsp3) is 0.583. The van der Waals surface area contributed by atoms with Crippen molar-refractivity contribution in [1.29, 1.82) is 0 Å². The van der Waals surface area contributed by atoms with E-state index >= 15 is 0 Å². The Kier molecular flexibility index (Phi) is 4.81. The fourth-order valence-electron chi connectivity index (χ4n) is 2.43. The van der Waals surface area contributed by atoms with Crippen molar-refractivity contribution in [2.75, 3.05) is 18.1 Å². The van der Waals surface area contributed by atoms with Crippen molar-refractivity contribution in [3.8, 4) is 0 Å². The summed E-state index contributed by atoms with van der Waals surface area (Å²) in [6.45, 7) is 0.0130. The van der Waals surface area contributed by atoms with Gasteiger partial charge in [0.25, 0.3) is 0 Å². The van der Waals surface area contributed by atoms with Crippen LogP contribution in [0.3, 0.4) is 0 Å². The van der Waals surface area contributed by atoms with Gasteiger partial charge in [0, 0.05) is 18.8 Å². The van der Waals surface area contributed by atoms with Crippen LogP contribution >= 0.6 is 0 Å². The second-order valence-electron chi connectivity index (χ2n) is 5.17. The molecule has 1 amide bonds. The highest BCUT2D eigenvalue weighted by molar-refractivity contribution is 7.88. The topological polar surface area (TPSA) is 122 Å². The van der Waals surface area contributed by atoms with Gasteiger partial charge < -0.3 is 10.4 Å². The molecular weight excluding hydrogens is 312 g/mol. The minimum Gasteiger partial charge on any atom is -0.480 e. The number of aromatic nitrogens is 2. The summed E-state index contributed by atoms with van der Waals surface area (Å²) in [6, 6.07) is 0.711. The number of aliphatic carboxylic acids is 1. The third-order valence-corrected chi connectivity index (χ3v) is 4.66. The molecule has 1 aliphatic rings. The maximum atomic E-state index is 12.3. The second-order valence-corrected chi connectivity index (χ2v) is 7.10. The Morgan fingerprint density at radius 1 is 1.45 bits per heavy atom. The van der Waals surface area contributed by atoms with Gasteiger partial charge in [-0.15, -0.1) is 0 Å². The van der Waals surface area contributed by atoms with E-state index in [-0.39, 0.29) is 12.4 Å². The SMILES string of the molecule is CS(=O)(=O)N1CCCCC1C(=O)Nc1ccn(CC(=O)O)n1. The van der Waals surface area contributed by atoms with E-state index in [0.29, 0.717) is 13.0 Å². The maximum Gasteiger partial charge on any atom is 0.325 e. The van der Waals surface area contributed by atoms with E-state index < -0.39 is 27.9 Å². The third-order valence-electron chi connectivity index (χ3n) is 3.37. The van der Waals surface area contributed by atoms with Crippen LogP contribution in [0.5, 0.6) is 0 Å². The van der Waals surface area contributed by atoms with Crippen LogP contribution in [0.25, 0.3) is 0 Å². The number of hydrogen-bond acceptors (Lipinski definition) is 5. The zero-order valence-corrected chi connectivity index (χ0v) is 12.9. The van der Waals surface area contributed by atoms with Crippen LogP contribution in [0.4, 0.5) is 5.82 Å². The summed E-state index contributed by atoms with van der Waals surface area (Å²) >= 11 is 0. The highest BCUT2D eigenvalue weighted by atomic mass is 32.2. The molecule has 122 valence electrons. The monoisotopic (exact) mass is 330 g/mol. The predicted octanol–water partition coefficient (Wildman–Crippen LogP) is -0.280. The molecule has 0 saturated carbocycles. The van der Waals surface area contributed by atoms with Crippen molar-refractivity contribution >= 4 is 27.7 Å². The lowest BCUT2D eigenvalue weighted by molar-refractivity contribution is -0.137. The smallest absolute Gasteiger partial charge is 0.325 e. The number of carbonyl (C=O) groups is 2. The molecule has 2 rings (SSSR count). The van der Waals surface area contributed by atoms with E-state index in [4.69, 9.17) is 5.11 Å². The maximum absolute atomic E-state index is 12.3. The summed E-state index contributed by atoms with van der Waals surface area (Å²) in [7, 11) is -3.45. The van der Waals surface area contributed by atoms with Gasteiger partial charge in [0.05, 0.1) is 6.26 Å². The molecule has 0 spiro atoms. The molecule has 1 aliphatic heterocycles. The van der Waals surface area contributed by atoms with Gasteiger partial charge in [0.2, 0.25) is 15.9 Å². The third kappa shape index (κ3) is 4.04. The summed E-state index contributed by atoms with van der Waals surface area (Å²) in [4.78, 5) is 22.9. The molecule has 0 aromatic carbocycles. The molecule has 0 aliphatic carbocycles. The van der Waals surface area contributed by atoms with E-state index in [9.17, 15) is 18.0 Å². The fourth-order valence-corrected chi connectivity index (χ4v) is 3.55. The number of sulfonamides is 1. The van der Waals surface area contributed by atoms with E-state index in [1.165, 1.54) is 21.3 Å². The van der Waals surface area contributed by atoms with Crippen molar-refractivity contribution in [2.24, 2.45) is 0 Å². The van der Waals surface area contributed by atoms with Gasteiger partial charge >= 0.3 is 5.97 Å². The largest absolute Gasteiger partial charge is 0.480 e. The first-order chi connectivity index (χ1) is 10.3. The molecule has 9 nitrogen and oxygen atoms in total. The van der Waals surface area contributed by atoms with E-state index in [0.717, 1.165) is 19.1 Å². The molecule has 1 saturated heterocycles. The van der Waals surface area contributed by atoms with Gasteiger partial charge in [0.1, 0.15) is 12.6 Å². The summed E-state index contributed by atoms with van der Waals surface area (Å²) < 4.78 is 25.8. The molecule has 0 bridgehead atoms. The molecule has 10 heteroatoms. The van der Waals surface area contributed by atoms with Gasteiger partial charge in [-0.25, -0.2) is 8.42 Å². The Morgan fingerprint density at radius 2 is 2.18 bits per heavy atom. The van der Waals surface area contributed by atoms with Crippen LogP contribution in [0.15, 0.2) is 12.3 Å². The van der Waals surface area contributed by atoms with Crippen molar-refractivity contribution in [1.82, 2.24) is 14.1 Å². The Morgan fingerprint density at radius 3 is 2.82 bits per heavy atom. The van der Waals surface area contributed by atoms with Crippen LogP contribution < -0.4 is 5.32 Å². The number of hydrogen-bond donors (Lipinski definition) is 2. The predicted molar refractivity (Wildman–Crippen MR) is 77.7 cm³/mol. The normalized spacial score (nSPS) is 19.8. The molecule has 1 fully saturated rings. The lowest BCUT2D eigenvalue weighted by Gasteiger charge is -2.32. The highest BCUT2D eigenvalue weighted by Crippen LogP contribution is 2.21. The van der Waals surface area contributed by atoms with Crippen LogP contribution in [0.1, 0.15) is 19.3 Å². The Labute approximate surface area is 128 Å². The van der Waals surface area contributed by atoms with Crippen LogP contribution in [0, 0.1) is 0 Å². The minimum atomic E-state index is -3.45. The quantitative estimate of drug-likeness (QED) is 0.766. The van der Waals surface area contributed by atoms with Crippen molar-refractivity contribution in [2.45, 2.75) is 31.8 Å². The molecule has 1 aromatic heterocycles. The second kappa shape index (κ2) is 6.44. The number of anilines is 1. The number of piperidine rings is 1. The number of carbonyl (C=O) groups excluding carboxylic acids is 1. The van der Waals surface area contributed by atoms with E-state index in [1.807, 2.05) is 0 Å². The van der Waals surface area contributed by atoms with Gasteiger partial charge in [0.15, 0.2) is 5.82 Å². The molecule has 2 heterocycles. The Balaban J connectivity index is 2.07. The molecule has 1 unspecified atom stereocenters. The van der Waals surface area contributed by atoms with Gasteiger partial charge in [-0.3, -0.25) is 14.3 Å². The van der Waals surface area contributed by atoms with E-state index in [2.05, 4.69) is 10.4 Å².